The van der Waals surface area contributed by atoms with Gasteiger partial charge in [-0.25, -0.2) is 0 Å². The molecule has 1 N–H and O–H groups in total. The molecule has 2 aromatic rings. The summed E-state index contributed by atoms with van der Waals surface area (Å²) in [6.07, 6.45) is 2.24. The maximum atomic E-state index is 13.7. The molecule has 4 nitrogen and oxygen atoms in total. The quantitative estimate of drug-likeness (QED) is 0.911. The second-order valence-electron chi connectivity index (χ2n) is 8.13. The Hall–Kier alpha value is -2.17. The van der Waals surface area contributed by atoms with Gasteiger partial charge in [-0.2, -0.15) is 0 Å². The zero-order valence-electron chi connectivity index (χ0n) is 16.0. The second-order valence-corrected chi connectivity index (χ2v) is 8.13. The maximum Gasteiger partial charge on any atom is 0.233 e. The van der Waals surface area contributed by atoms with E-state index in [1.54, 1.807) is 0 Å². The fourth-order valence-corrected chi connectivity index (χ4v) is 4.64. The van der Waals surface area contributed by atoms with Crippen molar-refractivity contribution in [2.45, 2.75) is 30.3 Å². The molecule has 142 valence electrons. The standard InChI is InChI=1S/C23H28N2O2/c1-24-15-12-22(13-16-24,19-8-4-2-5-9-19)21(26)25-17-14-23(27,18-25)20-10-6-3-7-11-20/h2-11,27H,12-18H2,1H3. The van der Waals surface area contributed by atoms with Crippen molar-refractivity contribution >= 4 is 5.91 Å². The molecule has 0 bridgehead atoms. The maximum absolute atomic E-state index is 13.7. The summed E-state index contributed by atoms with van der Waals surface area (Å²) >= 11 is 0. The number of nitrogens with zero attached hydrogens (tertiary/aromatic N) is 2. The summed E-state index contributed by atoms with van der Waals surface area (Å²) in [4.78, 5) is 17.9. The Balaban J connectivity index is 1.62. The van der Waals surface area contributed by atoms with Crippen LogP contribution in [-0.2, 0) is 15.8 Å². The highest BCUT2D eigenvalue weighted by Gasteiger charge is 2.48. The van der Waals surface area contributed by atoms with E-state index in [1.165, 1.54) is 0 Å². The van der Waals surface area contributed by atoms with Gasteiger partial charge in [0, 0.05) is 6.54 Å². The molecule has 2 aliphatic heterocycles. The van der Waals surface area contributed by atoms with Crippen molar-refractivity contribution in [2.75, 3.05) is 33.2 Å². The van der Waals surface area contributed by atoms with Crippen LogP contribution >= 0.6 is 0 Å². The molecule has 1 atom stereocenters. The summed E-state index contributed by atoms with van der Waals surface area (Å²) in [5.41, 5.74) is 0.589. The van der Waals surface area contributed by atoms with Gasteiger partial charge in [0.15, 0.2) is 0 Å². The van der Waals surface area contributed by atoms with Crippen molar-refractivity contribution in [3.8, 4) is 0 Å². The lowest BCUT2D eigenvalue weighted by Gasteiger charge is -2.42. The van der Waals surface area contributed by atoms with E-state index in [9.17, 15) is 9.90 Å². The van der Waals surface area contributed by atoms with E-state index in [4.69, 9.17) is 0 Å². The molecule has 1 amide bonds. The number of hydrogen-bond acceptors (Lipinski definition) is 3. The van der Waals surface area contributed by atoms with Crippen LogP contribution in [0.25, 0.3) is 0 Å². The van der Waals surface area contributed by atoms with E-state index in [0.29, 0.717) is 19.5 Å². The fourth-order valence-electron chi connectivity index (χ4n) is 4.64. The first-order chi connectivity index (χ1) is 13.0. The van der Waals surface area contributed by atoms with Crippen LogP contribution in [0.15, 0.2) is 60.7 Å². The summed E-state index contributed by atoms with van der Waals surface area (Å²) in [6.45, 7) is 2.81. The number of carbonyl (C=O) groups excluding carboxylic acids is 1. The lowest BCUT2D eigenvalue weighted by molar-refractivity contribution is -0.139. The predicted molar refractivity (Wildman–Crippen MR) is 106 cm³/mol. The minimum absolute atomic E-state index is 0.175. The number of β-amino-alcohol motifs (C(OH)–C–C–N with tert-alkyl or cyclic N) is 1. The predicted octanol–water partition coefficient (Wildman–Crippen LogP) is 2.77. The molecule has 0 radical (unpaired) electrons. The molecule has 2 aliphatic rings. The van der Waals surface area contributed by atoms with Crippen molar-refractivity contribution in [3.63, 3.8) is 0 Å². The van der Waals surface area contributed by atoms with Crippen LogP contribution in [0.3, 0.4) is 0 Å². The van der Waals surface area contributed by atoms with Crippen LogP contribution in [0.2, 0.25) is 0 Å². The van der Waals surface area contributed by atoms with Gasteiger partial charge in [0.25, 0.3) is 0 Å². The van der Waals surface area contributed by atoms with Crippen molar-refractivity contribution < 1.29 is 9.90 Å². The third kappa shape index (κ3) is 3.28. The van der Waals surface area contributed by atoms with Gasteiger partial charge < -0.3 is 14.9 Å². The molecular weight excluding hydrogens is 336 g/mol. The molecule has 0 spiro atoms. The van der Waals surface area contributed by atoms with Crippen LogP contribution in [0.4, 0.5) is 0 Å². The van der Waals surface area contributed by atoms with Gasteiger partial charge >= 0.3 is 0 Å². The average Bonchev–Trinajstić information content (AvgIpc) is 3.13. The minimum atomic E-state index is -0.944. The van der Waals surface area contributed by atoms with Crippen LogP contribution < -0.4 is 0 Å². The Labute approximate surface area is 161 Å². The topological polar surface area (TPSA) is 43.8 Å². The number of amides is 1. The molecule has 0 saturated carbocycles. The van der Waals surface area contributed by atoms with E-state index < -0.39 is 11.0 Å². The third-order valence-electron chi connectivity index (χ3n) is 6.42. The largest absolute Gasteiger partial charge is 0.383 e. The van der Waals surface area contributed by atoms with Gasteiger partial charge in [0.2, 0.25) is 5.91 Å². The van der Waals surface area contributed by atoms with Gasteiger partial charge in [0.05, 0.1) is 12.0 Å². The molecule has 2 heterocycles. The van der Waals surface area contributed by atoms with E-state index in [2.05, 4.69) is 24.1 Å². The number of hydrogen-bond donors (Lipinski definition) is 1. The SMILES string of the molecule is CN1CCC(C(=O)N2CCC(O)(c3ccccc3)C2)(c2ccccc2)CC1. The van der Waals surface area contributed by atoms with Gasteiger partial charge in [-0.05, 0) is 50.5 Å². The Kier molecular flexibility index (Phi) is 4.79. The molecule has 4 rings (SSSR count). The Morgan fingerprint density at radius 3 is 2.00 bits per heavy atom. The summed E-state index contributed by atoms with van der Waals surface area (Å²) in [5, 5.41) is 11.2. The minimum Gasteiger partial charge on any atom is -0.383 e. The number of carbonyl (C=O) groups is 1. The van der Waals surface area contributed by atoms with E-state index in [-0.39, 0.29) is 5.91 Å². The number of benzene rings is 2. The van der Waals surface area contributed by atoms with Gasteiger partial charge in [-0.15, -0.1) is 0 Å². The smallest absolute Gasteiger partial charge is 0.233 e. The fraction of sp³-hybridized carbons (Fsp3) is 0.435. The summed E-state index contributed by atoms with van der Waals surface area (Å²) in [5.74, 6) is 0.175. The van der Waals surface area contributed by atoms with Gasteiger partial charge in [-0.3, -0.25) is 4.79 Å². The monoisotopic (exact) mass is 364 g/mol. The highest BCUT2D eigenvalue weighted by molar-refractivity contribution is 5.89. The third-order valence-corrected chi connectivity index (χ3v) is 6.42. The highest BCUT2D eigenvalue weighted by Crippen LogP contribution is 2.40. The van der Waals surface area contributed by atoms with Crippen molar-refractivity contribution in [1.82, 2.24) is 9.80 Å². The first kappa shape index (κ1) is 18.2. The molecule has 2 aromatic carbocycles. The number of rotatable bonds is 3. The Morgan fingerprint density at radius 1 is 0.852 bits per heavy atom. The lowest BCUT2D eigenvalue weighted by atomic mass is 9.71. The molecule has 0 aliphatic carbocycles. The van der Waals surface area contributed by atoms with Crippen LogP contribution in [0.5, 0.6) is 0 Å². The molecular formula is C23H28N2O2. The molecule has 27 heavy (non-hydrogen) atoms. The van der Waals surface area contributed by atoms with Crippen molar-refractivity contribution in [2.24, 2.45) is 0 Å². The number of piperidine rings is 1. The van der Waals surface area contributed by atoms with E-state index >= 15 is 0 Å². The number of likely N-dealkylation sites (tertiary alicyclic amines) is 2. The number of aliphatic hydroxyl groups is 1. The molecule has 2 fully saturated rings. The molecule has 2 saturated heterocycles. The summed E-state index contributed by atoms with van der Waals surface area (Å²) in [6, 6.07) is 20.0. The van der Waals surface area contributed by atoms with Gasteiger partial charge in [-0.1, -0.05) is 60.7 Å². The Bertz CT molecular complexity index is 785. The average molecular weight is 364 g/mol. The van der Waals surface area contributed by atoms with Crippen LogP contribution in [0, 0.1) is 0 Å². The summed E-state index contributed by atoms with van der Waals surface area (Å²) < 4.78 is 0. The van der Waals surface area contributed by atoms with Crippen molar-refractivity contribution in [1.29, 1.82) is 0 Å². The van der Waals surface area contributed by atoms with Gasteiger partial charge in [0.1, 0.15) is 5.60 Å². The Morgan fingerprint density at radius 2 is 1.41 bits per heavy atom. The lowest BCUT2D eigenvalue weighted by Crippen LogP contribution is -2.52. The first-order valence-electron chi connectivity index (χ1n) is 9.85. The van der Waals surface area contributed by atoms with Crippen LogP contribution in [-0.4, -0.2) is 54.0 Å². The zero-order valence-corrected chi connectivity index (χ0v) is 16.0. The molecule has 4 heteroatoms. The first-order valence-corrected chi connectivity index (χ1v) is 9.85. The molecule has 0 aromatic heterocycles. The van der Waals surface area contributed by atoms with Crippen LogP contribution in [0.1, 0.15) is 30.4 Å². The van der Waals surface area contributed by atoms with E-state index in [0.717, 1.165) is 37.1 Å². The molecule has 1 unspecified atom stereocenters. The highest BCUT2D eigenvalue weighted by atomic mass is 16.3. The normalized spacial score (nSPS) is 25.5. The van der Waals surface area contributed by atoms with Crippen molar-refractivity contribution in [3.05, 3.63) is 71.8 Å². The second kappa shape index (κ2) is 7.10. The summed E-state index contributed by atoms with van der Waals surface area (Å²) in [7, 11) is 2.11. The van der Waals surface area contributed by atoms with E-state index in [1.807, 2.05) is 53.4 Å². The zero-order chi connectivity index (χ0) is 18.9.